The molecule has 4 heteroatoms. The van der Waals surface area contributed by atoms with Crippen molar-refractivity contribution in [2.75, 3.05) is 39.6 Å². The van der Waals surface area contributed by atoms with Gasteiger partial charge in [0.2, 0.25) is 0 Å². The number of hydrogen-bond acceptors (Lipinski definition) is 4. The Labute approximate surface area is 109 Å². The van der Waals surface area contributed by atoms with E-state index in [2.05, 4.69) is 0 Å². The SMILES string of the molecule is CC.c1ccc2c(c1)OCCOCCOCCO2. The molecule has 1 aromatic rings. The van der Waals surface area contributed by atoms with Gasteiger partial charge in [0.05, 0.1) is 26.4 Å². The van der Waals surface area contributed by atoms with Gasteiger partial charge in [0.25, 0.3) is 0 Å². The quantitative estimate of drug-likeness (QED) is 0.713. The Bertz CT molecular complexity index is 283. The van der Waals surface area contributed by atoms with Crippen LogP contribution in [-0.4, -0.2) is 39.6 Å². The largest absolute Gasteiger partial charge is 0.487 e. The van der Waals surface area contributed by atoms with Gasteiger partial charge in [0, 0.05) is 0 Å². The first-order chi connectivity index (χ1) is 8.97. The minimum absolute atomic E-state index is 0.528. The summed E-state index contributed by atoms with van der Waals surface area (Å²) in [4.78, 5) is 0. The Morgan fingerprint density at radius 1 is 0.667 bits per heavy atom. The summed E-state index contributed by atoms with van der Waals surface area (Å²) in [6.45, 7) is 7.39. The average molecular weight is 254 g/mol. The number of ether oxygens (including phenoxy) is 4. The summed E-state index contributed by atoms with van der Waals surface area (Å²) in [5.41, 5.74) is 0. The topological polar surface area (TPSA) is 36.9 Å². The van der Waals surface area contributed by atoms with Gasteiger partial charge in [0.15, 0.2) is 11.5 Å². The van der Waals surface area contributed by atoms with Crippen LogP contribution < -0.4 is 9.47 Å². The van der Waals surface area contributed by atoms with Crippen LogP contribution in [0.2, 0.25) is 0 Å². The lowest BCUT2D eigenvalue weighted by Crippen LogP contribution is -2.15. The maximum atomic E-state index is 5.57. The molecular weight excluding hydrogens is 232 g/mol. The maximum absolute atomic E-state index is 5.57. The van der Waals surface area contributed by atoms with Gasteiger partial charge < -0.3 is 18.9 Å². The van der Waals surface area contributed by atoms with E-state index in [1.165, 1.54) is 0 Å². The minimum atomic E-state index is 0.528. The molecule has 1 aromatic carbocycles. The molecule has 0 saturated carbocycles. The molecule has 4 nitrogen and oxygen atoms in total. The van der Waals surface area contributed by atoms with Crippen LogP contribution >= 0.6 is 0 Å². The molecule has 0 radical (unpaired) electrons. The molecule has 102 valence electrons. The Morgan fingerprint density at radius 2 is 1.06 bits per heavy atom. The van der Waals surface area contributed by atoms with E-state index >= 15 is 0 Å². The lowest BCUT2D eigenvalue weighted by molar-refractivity contribution is 0.0223. The van der Waals surface area contributed by atoms with Crippen LogP contribution in [0, 0.1) is 0 Å². The van der Waals surface area contributed by atoms with Crippen molar-refractivity contribution in [1.29, 1.82) is 0 Å². The molecule has 0 spiro atoms. The van der Waals surface area contributed by atoms with E-state index in [0.29, 0.717) is 39.6 Å². The molecule has 0 N–H and O–H groups in total. The lowest BCUT2D eigenvalue weighted by Gasteiger charge is -2.14. The summed E-state index contributed by atoms with van der Waals surface area (Å²) in [7, 11) is 0. The van der Waals surface area contributed by atoms with Crippen LogP contribution in [0.5, 0.6) is 11.5 Å². The number of benzene rings is 1. The van der Waals surface area contributed by atoms with Gasteiger partial charge in [0.1, 0.15) is 13.2 Å². The molecule has 0 aromatic heterocycles. The third-order valence-electron chi connectivity index (χ3n) is 2.19. The predicted molar refractivity (Wildman–Crippen MR) is 70.4 cm³/mol. The van der Waals surface area contributed by atoms with Crippen molar-refractivity contribution in [1.82, 2.24) is 0 Å². The van der Waals surface area contributed by atoms with Crippen molar-refractivity contribution in [3.05, 3.63) is 24.3 Å². The lowest BCUT2D eigenvalue weighted by atomic mass is 10.3. The van der Waals surface area contributed by atoms with E-state index in [-0.39, 0.29) is 0 Å². The van der Waals surface area contributed by atoms with Crippen LogP contribution in [0.15, 0.2) is 24.3 Å². The fourth-order valence-electron chi connectivity index (χ4n) is 1.43. The molecule has 1 aliphatic heterocycles. The zero-order valence-electron chi connectivity index (χ0n) is 11.2. The summed E-state index contributed by atoms with van der Waals surface area (Å²) in [5.74, 6) is 1.51. The highest BCUT2D eigenvalue weighted by Crippen LogP contribution is 2.26. The zero-order valence-corrected chi connectivity index (χ0v) is 11.2. The standard InChI is InChI=1S/C12H16O4.C2H6/c1-2-4-12-11(3-1)15-9-7-13-5-6-14-8-10-16-12;1-2/h1-4H,5-10H2;1-2H3. The van der Waals surface area contributed by atoms with Crippen LogP contribution in [0.4, 0.5) is 0 Å². The van der Waals surface area contributed by atoms with Gasteiger partial charge in [-0.3, -0.25) is 0 Å². The zero-order chi connectivity index (χ0) is 13.1. The fourth-order valence-corrected chi connectivity index (χ4v) is 1.43. The van der Waals surface area contributed by atoms with Gasteiger partial charge in [-0.25, -0.2) is 0 Å². The van der Waals surface area contributed by atoms with Crippen molar-refractivity contribution >= 4 is 0 Å². The summed E-state index contributed by atoms with van der Waals surface area (Å²) in [6.07, 6.45) is 0. The number of rotatable bonds is 0. The van der Waals surface area contributed by atoms with Crippen LogP contribution in [-0.2, 0) is 9.47 Å². The maximum Gasteiger partial charge on any atom is 0.161 e. The second-order valence-electron chi connectivity index (χ2n) is 3.37. The van der Waals surface area contributed by atoms with E-state index in [1.807, 2.05) is 38.1 Å². The molecule has 0 fully saturated rings. The van der Waals surface area contributed by atoms with Crippen LogP contribution in [0.3, 0.4) is 0 Å². The van der Waals surface area contributed by atoms with Gasteiger partial charge in [-0.15, -0.1) is 0 Å². The van der Waals surface area contributed by atoms with Crippen LogP contribution in [0.1, 0.15) is 13.8 Å². The van der Waals surface area contributed by atoms with Crippen molar-refractivity contribution < 1.29 is 18.9 Å². The number of fused-ring (bicyclic) bond motifs is 1. The Kier molecular flexibility index (Phi) is 8.01. The highest BCUT2D eigenvalue weighted by Gasteiger charge is 2.04. The second-order valence-corrected chi connectivity index (χ2v) is 3.37. The summed E-state index contributed by atoms with van der Waals surface area (Å²) in [5, 5.41) is 0. The summed E-state index contributed by atoms with van der Waals surface area (Å²) in [6, 6.07) is 7.63. The van der Waals surface area contributed by atoms with E-state index in [4.69, 9.17) is 18.9 Å². The number of hydrogen-bond donors (Lipinski definition) is 0. The monoisotopic (exact) mass is 254 g/mol. The molecular formula is C14H22O4. The van der Waals surface area contributed by atoms with Gasteiger partial charge >= 0.3 is 0 Å². The number of para-hydroxylation sites is 2. The third-order valence-corrected chi connectivity index (χ3v) is 2.19. The molecule has 0 atom stereocenters. The first-order valence-corrected chi connectivity index (χ1v) is 6.47. The molecule has 0 saturated heterocycles. The van der Waals surface area contributed by atoms with Gasteiger partial charge in [-0.05, 0) is 12.1 Å². The van der Waals surface area contributed by atoms with E-state index in [9.17, 15) is 0 Å². The van der Waals surface area contributed by atoms with Crippen molar-refractivity contribution in [2.24, 2.45) is 0 Å². The van der Waals surface area contributed by atoms with Gasteiger partial charge in [-0.1, -0.05) is 26.0 Å². The normalized spacial score (nSPS) is 16.6. The van der Waals surface area contributed by atoms with Gasteiger partial charge in [-0.2, -0.15) is 0 Å². The summed E-state index contributed by atoms with van der Waals surface area (Å²) < 4.78 is 21.8. The summed E-state index contributed by atoms with van der Waals surface area (Å²) >= 11 is 0. The third kappa shape index (κ3) is 5.38. The minimum Gasteiger partial charge on any atom is -0.487 e. The van der Waals surface area contributed by atoms with Crippen molar-refractivity contribution in [3.8, 4) is 11.5 Å². The van der Waals surface area contributed by atoms with E-state index in [0.717, 1.165) is 11.5 Å². The molecule has 0 unspecified atom stereocenters. The highest BCUT2D eigenvalue weighted by molar-refractivity contribution is 5.39. The Morgan fingerprint density at radius 3 is 1.50 bits per heavy atom. The fraction of sp³-hybridized carbons (Fsp3) is 0.571. The molecule has 1 aliphatic rings. The van der Waals surface area contributed by atoms with E-state index < -0.39 is 0 Å². The van der Waals surface area contributed by atoms with Crippen LogP contribution in [0.25, 0.3) is 0 Å². The molecule has 2 rings (SSSR count). The average Bonchev–Trinajstić information content (AvgIpc) is 2.42. The Hall–Kier alpha value is -1.26. The first-order valence-electron chi connectivity index (χ1n) is 6.47. The second kappa shape index (κ2) is 9.74. The molecule has 18 heavy (non-hydrogen) atoms. The first kappa shape index (κ1) is 14.8. The van der Waals surface area contributed by atoms with E-state index in [1.54, 1.807) is 0 Å². The Balaban J connectivity index is 0.000000771. The highest BCUT2D eigenvalue weighted by atomic mass is 16.6. The molecule has 0 bridgehead atoms. The predicted octanol–water partition coefficient (Wildman–Crippen LogP) is 2.52. The molecule has 0 amide bonds. The smallest absolute Gasteiger partial charge is 0.161 e. The molecule has 1 heterocycles. The van der Waals surface area contributed by atoms with Crippen molar-refractivity contribution in [2.45, 2.75) is 13.8 Å². The van der Waals surface area contributed by atoms with Crippen molar-refractivity contribution in [3.63, 3.8) is 0 Å². The molecule has 0 aliphatic carbocycles.